The number of rotatable bonds is 2. The van der Waals surface area contributed by atoms with E-state index >= 15 is 0 Å². The molecule has 1 N–H and O–H groups in total. The third kappa shape index (κ3) is 2.81. The van der Waals surface area contributed by atoms with Crippen LogP contribution in [0.4, 0.5) is 5.69 Å². The van der Waals surface area contributed by atoms with Gasteiger partial charge in [0, 0.05) is 23.4 Å². The highest BCUT2D eigenvalue weighted by Crippen LogP contribution is 2.25. The second-order valence-electron chi connectivity index (χ2n) is 5.29. The minimum atomic E-state index is 0.186. The average Bonchev–Trinajstić information content (AvgIpc) is 2.35. The predicted molar refractivity (Wildman–Crippen MR) is 75.6 cm³/mol. The third-order valence-corrected chi connectivity index (χ3v) is 3.64. The van der Waals surface area contributed by atoms with Gasteiger partial charge in [0.2, 0.25) is 0 Å². The Hall–Kier alpha value is -1.57. The molecule has 2 heteroatoms. The summed E-state index contributed by atoms with van der Waals surface area (Å²) in [6, 6.07) is 6.31. The number of nitrogens with one attached hydrogen (secondary N) is 1. The lowest BCUT2D eigenvalue weighted by atomic mass is 9.86. The summed E-state index contributed by atoms with van der Waals surface area (Å²) in [5.41, 5.74) is 4.46. The molecule has 1 aromatic carbocycles. The van der Waals surface area contributed by atoms with Gasteiger partial charge in [0.15, 0.2) is 5.78 Å². The van der Waals surface area contributed by atoms with Crippen molar-refractivity contribution >= 4 is 11.5 Å². The summed E-state index contributed by atoms with van der Waals surface area (Å²) in [6.07, 6.45) is 4.95. The van der Waals surface area contributed by atoms with Crippen LogP contribution in [0.5, 0.6) is 0 Å². The summed E-state index contributed by atoms with van der Waals surface area (Å²) >= 11 is 0. The van der Waals surface area contributed by atoms with Crippen molar-refractivity contribution in [1.82, 2.24) is 0 Å². The minimum Gasteiger partial charge on any atom is -0.361 e. The Morgan fingerprint density at radius 2 is 2.11 bits per heavy atom. The van der Waals surface area contributed by atoms with E-state index in [-0.39, 0.29) is 5.92 Å². The zero-order valence-electron chi connectivity index (χ0n) is 11.4. The highest BCUT2D eigenvalue weighted by molar-refractivity contribution is 5.97. The Morgan fingerprint density at radius 3 is 2.89 bits per heavy atom. The number of anilines is 1. The van der Waals surface area contributed by atoms with Crippen LogP contribution in [0.3, 0.4) is 0 Å². The molecule has 0 spiro atoms. The van der Waals surface area contributed by atoms with E-state index in [9.17, 15) is 4.79 Å². The van der Waals surface area contributed by atoms with Crippen molar-refractivity contribution in [3.05, 3.63) is 41.1 Å². The van der Waals surface area contributed by atoms with Crippen LogP contribution in [-0.4, -0.2) is 5.78 Å². The van der Waals surface area contributed by atoms with Gasteiger partial charge in [-0.1, -0.05) is 19.1 Å². The molecular formula is C16H21NO. The molecule has 1 aliphatic carbocycles. The second-order valence-corrected chi connectivity index (χ2v) is 5.29. The molecule has 1 atom stereocenters. The van der Waals surface area contributed by atoms with Crippen LogP contribution in [0, 0.1) is 19.8 Å². The molecule has 0 unspecified atom stereocenters. The van der Waals surface area contributed by atoms with E-state index in [1.54, 1.807) is 0 Å². The SMILES string of the molecule is Cc1ccc(C)c(N/C=C2/CCC[C@H](C)C2=O)c1. The first-order valence-corrected chi connectivity index (χ1v) is 6.65. The Morgan fingerprint density at radius 1 is 1.33 bits per heavy atom. The van der Waals surface area contributed by atoms with Crippen molar-refractivity contribution in [2.75, 3.05) is 5.32 Å². The highest BCUT2D eigenvalue weighted by Gasteiger charge is 2.22. The van der Waals surface area contributed by atoms with Crippen LogP contribution in [0.25, 0.3) is 0 Å². The van der Waals surface area contributed by atoms with Gasteiger partial charge in [0.05, 0.1) is 0 Å². The molecule has 18 heavy (non-hydrogen) atoms. The maximum absolute atomic E-state index is 12.0. The number of hydrogen-bond donors (Lipinski definition) is 1. The van der Waals surface area contributed by atoms with E-state index in [1.807, 2.05) is 13.1 Å². The highest BCUT2D eigenvalue weighted by atomic mass is 16.1. The number of Topliss-reactive ketones (excluding diaryl/α,β-unsaturated/α-hetero) is 1. The van der Waals surface area contributed by atoms with E-state index in [1.165, 1.54) is 11.1 Å². The van der Waals surface area contributed by atoms with Crippen molar-refractivity contribution < 1.29 is 4.79 Å². The molecule has 2 rings (SSSR count). The molecule has 1 aliphatic rings. The van der Waals surface area contributed by atoms with Crippen molar-refractivity contribution in [3.63, 3.8) is 0 Å². The van der Waals surface area contributed by atoms with Crippen LogP contribution in [0.1, 0.15) is 37.3 Å². The molecular weight excluding hydrogens is 222 g/mol. The van der Waals surface area contributed by atoms with Gasteiger partial charge < -0.3 is 5.32 Å². The fraction of sp³-hybridized carbons (Fsp3) is 0.438. The van der Waals surface area contributed by atoms with Crippen LogP contribution >= 0.6 is 0 Å². The molecule has 1 saturated carbocycles. The minimum absolute atomic E-state index is 0.186. The fourth-order valence-corrected chi connectivity index (χ4v) is 2.37. The van der Waals surface area contributed by atoms with Crippen molar-refractivity contribution in [1.29, 1.82) is 0 Å². The summed E-state index contributed by atoms with van der Waals surface area (Å²) in [6.45, 7) is 6.17. The maximum Gasteiger partial charge on any atom is 0.163 e. The topological polar surface area (TPSA) is 29.1 Å². The van der Waals surface area contributed by atoms with Crippen LogP contribution in [-0.2, 0) is 4.79 Å². The molecule has 0 bridgehead atoms. The quantitative estimate of drug-likeness (QED) is 0.796. The van der Waals surface area contributed by atoms with Gasteiger partial charge >= 0.3 is 0 Å². The van der Waals surface area contributed by atoms with Crippen molar-refractivity contribution in [2.24, 2.45) is 5.92 Å². The van der Waals surface area contributed by atoms with Gasteiger partial charge in [-0.15, -0.1) is 0 Å². The number of carbonyl (C=O) groups is 1. The van der Waals surface area contributed by atoms with E-state index < -0.39 is 0 Å². The summed E-state index contributed by atoms with van der Waals surface area (Å²) in [4.78, 5) is 12.0. The number of carbonyl (C=O) groups excluding carboxylic acids is 1. The number of ketones is 1. The van der Waals surface area contributed by atoms with Gasteiger partial charge in [0.1, 0.15) is 0 Å². The molecule has 0 aromatic heterocycles. The Balaban J connectivity index is 2.14. The van der Waals surface area contributed by atoms with Gasteiger partial charge in [-0.3, -0.25) is 4.79 Å². The summed E-state index contributed by atoms with van der Waals surface area (Å²) in [7, 11) is 0. The maximum atomic E-state index is 12.0. The number of allylic oxidation sites excluding steroid dienone is 1. The van der Waals surface area contributed by atoms with Crippen LogP contribution in [0.2, 0.25) is 0 Å². The molecule has 0 aliphatic heterocycles. The molecule has 1 aromatic rings. The zero-order valence-corrected chi connectivity index (χ0v) is 11.4. The molecule has 0 radical (unpaired) electrons. The van der Waals surface area contributed by atoms with Gasteiger partial charge in [0.25, 0.3) is 0 Å². The average molecular weight is 243 g/mol. The molecule has 2 nitrogen and oxygen atoms in total. The smallest absolute Gasteiger partial charge is 0.163 e. The first-order valence-electron chi connectivity index (χ1n) is 6.65. The summed E-state index contributed by atoms with van der Waals surface area (Å²) in [5.74, 6) is 0.490. The van der Waals surface area contributed by atoms with Gasteiger partial charge in [-0.05, 0) is 50.3 Å². The second kappa shape index (κ2) is 5.38. The summed E-state index contributed by atoms with van der Waals surface area (Å²) in [5, 5.41) is 3.29. The van der Waals surface area contributed by atoms with E-state index in [4.69, 9.17) is 0 Å². The number of hydrogen-bond acceptors (Lipinski definition) is 2. The van der Waals surface area contributed by atoms with Gasteiger partial charge in [-0.2, -0.15) is 0 Å². The third-order valence-electron chi connectivity index (χ3n) is 3.64. The predicted octanol–water partition coefficient (Wildman–Crippen LogP) is 3.99. The van der Waals surface area contributed by atoms with E-state index in [0.717, 1.165) is 30.5 Å². The fourth-order valence-electron chi connectivity index (χ4n) is 2.37. The number of aryl methyl sites for hydroxylation is 2. The Kier molecular flexibility index (Phi) is 3.85. The molecule has 1 fully saturated rings. The lowest BCUT2D eigenvalue weighted by Crippen LogP contribution is -2.19. The molecule has 96 valence electrons. The zero-order chi connectivity index (χ0) is 13.1. The van der Waals surface area contributed by atoms with Crippen molar-refractivity contribution in [3.8, 4) is 0 Å². The normalized spacial score (nSPS) is 22.3. The number of benzene rings is 1. The molecule has 0 amide bonds. The summed E-state index contributed by atoms with van der Waals surface area (Å²) < 4.78 is 0. The van der Waals surface area contributed by atoms with E-state index in [0.29, 0.717) is 5.78 Å². The first-order chi connectivity index (χ1) is 8.58. The Labute approximate surface area is 109 Å². The molecule has 0 heterocycles. The largest absolute Gasteiger partial charge is 0.361 e. The first kappa shape index (κ1) is 12.9. The molecule has 0 saturated heterocycles. The Bertz CT molecular complexity index is 488. The lowest BCUT2D eigenvalue weighted by molar-refractivity contribution is -0.119. The van der Waals surface area contributed by atoms with Gasteiger partial charge in [-0.25, -0.2) is 0 Å². The monoisotopic (exact) mass is 243 g/mol. The van der Waals surface area contributed by atoms with Crippen LogP contribution in [0.15, 0.2) is 30.0 Å². The standard InChI is InChI=1S/C16H21NO/c1-11-7-8-12(2)15(9-11)17-10-14-6-4-5-13(3)16(14)18/h7-10,13,17H,4-6H2,1-3H3/b14-10-/t13-/m0/s1. The van der Waals surface area contributed by atoms with E-state index in [2.05, 4.69) is 37.4 Å². The van der Waals surface area contributed by atoms with Crippen LogP contribution < -0.4 is 5.32 Å². The lowest BCUT2D eigenvalue weighted by Gasteiger charge is -2.19. The van der Waals surface area contributed by atoms with Crippen molar-refractivity contribution in [2.45, 2.75) is 40.0 Å².